The molecule has 0 saturated carbocycles. The molecule has 1 aliphatic rings. The van der Waals surface area contributed by atoms with Gasteiger partial charge < -0.3 is 14.3 Å². The van der Waals surface area contributed by atoms with Crippen molar-refractivity contribution < 1.29 is 14.3 Å². The van der Waals surface area contributed by atoms with E-state index in [9.17, 15) is 0 Å². The summed E-state index contributed by atoms with van der Waals surface area (Å²) in [5.41, 5.74) is 0. The van der Waals surface area contributed by atoms with E-state index >= 15 is 0 Å². The largest absolute Gasteiger partial charge is 0.375 e. The monoisotopic (exact) mass is 144 g/mol. The van der Waals surface area contributed by atoms with E-state index in [0.29, 0.717) is 12.7 Å². The minimum Gasteiger partial charge on any atom is -0.375 e. The number of rotatable bonds is 4. The molecule has 1 rings (SSSR count). The molecule has 1 unspecified atom stereocenters. The van der Waals surface area contributed by atoms with Gasteiger partial charge in [0.25, 0.3) is 0 Å². The molecule has 1 atom stereocenters. The van der Waals surface area contributed by atoms with Crippen LogP contribution in [0.4, 0.5) is 0 Å². The topological polar surface area (TPSA) is 38.8 Å². The molecule has 1 fully saturated rings. The average Bonchev–Trinajstić information content (AvgIpc) is 2.77. The molecule has 0 aromatic rings. The summed E-state index contributed by atoms with van der Waals surface area (Å²) in [7, 11) is 0. The maximum atomic E-state index is 8.00. The van der Waals surface area contributed by atoms with Crippen molar-refractivity contribution in [2.75, 3.05) is 19.8 Å². The molecule has 3 nitrogen and oxygen atoms in total. The van der Waals surface area contributed by atoms with Crippen LogP contribution >= 0.6 is 0 Å². The van der Waals surface area contributed by atoms with E-state index in [0.717, 1.165) is 13.2 Å². The normalized spacial score (nSPS) is 20.6. The van der Waals surface area contributed by atoms with E-state index < -0.39 is 0 Å². The van der Waals surface area contributed by atoms with Gasteiger partial charge in [-0.05, 0) is 0 Å². The van der Waals surface area contributed by atoms with Crippen molar-refractivity contribution in [2.45, 2.75) is 6.10 Å². The second kappa shape index (κ2) is 6.45. The van der Waals surface area contributed by atoms with Gasteiger partial charge in [0.1, 0.15) is 12.9 Å². The Labute approximate surface area is 60.6 Å². The molecular formula is C7H12O3. The van der Waals surface area contributed by atoms with Crippen LogP contribution < -0.4 is 0 Å². The summed E-state index contributed by atoms with van der Waals surface area (Å²) < 4.78 is 9.96. The van der Waals surface area contributed by atoms with Crippen LogP contribution in [0.1, 0.15) is 0 Å². The van der Waals surface area contributed by atoms with Gasteiger partial charge >= 0.3 is 0 Å². The summed E-state index contributed by atoms with van der Waals surface area (Å²) in [4.78, 5) is 8.00. The van der Waals surface area contributed by atoms with Crippen LogP contribution in [0.3, 0.4) is 0 Å². The zero-order valence-corrected chi connectivity index (χ0v) is 5.91. The molecule has 3 heteroatoms. The lowest BCUT2D eigenvalue weighted by Gasteiger charge is -1.92. The number of hydrogen-bond acceptors (Lipinski definition) is 3. The number of epoxide rings is 1. The predicted octanol–water partition coefficient (Wildman–Crippen LogP) is 0.403. The molecule has 0 amide bonds. The summed E-state index contributed by atoms with van der Waals surface area (Å²) in [5, 5.41) is 0. The molecular weight excluding hydrogens is 132 g/mol. The van der Waals surface area contributed by atoms with Crippen LogP contribution in [0.5, 0.6) is 0 Å². The Morgan fingerprint density at radius 2 is 2.30 bits per heavy atom. The highest BCUT2D eigenvalue weighted by Crippen LogP contribution is 2.07. The number of hydrogen-bond donors (Lipinski definition) is 0. The van der Waals surface area contributed by atoms with Gasteiger partial charge in [-0.3, -0.25) is 0 Å². The first-order chi connectivity index (χ1) is 4.93. The summed E-state index contributed by atoms with van der Waals surface area (Å²) in [6.07, 6.45) is 2.12. The highest BCUT2D eigenvalue weighted by Gasteiger charge is 2.21. The summed E-state index contributed by atoms with van der Waals surface area (Å²) >= 11 is 0. The molecule has 0 spiro atoms. The Balaban J connectivity index is 0.000000371. The van der Waals surface area contributed by atoms with E-state index in [2.05, 4.69) is 6.58 Å². The average molecular weight is 144 g/mol. The third-order valence-electron chi connectivity index (χ3n) is 0.942. The maximum absolute atomic E-state index is 8.00. The minimum atomic E-state index is 0.384. The first-order valence-electron chi connectivity index (χ1n) is 3.02. The molecule has 0 N–H and O–H groups in total. The van der Waals surface area contributed by atoms with E-state index in [1.807, 2.05) is 6.79 Å². The number of carbonyl (C=O) groups excluding carboxylic acids is 1. The van der Waals surface area contributed by atoms with Crippen molar-refractivity contribution in [1.82, 2.24) is 0 Å². The minimum absolute atomic E-state index is 0.384. The number of ether oxygens (including phenoxy) is 2. The van der Waals surface area contributed by atoms with E-state index in [1.54, 1.807) is 6.08 Å². The molecule has 10 heavy (non-hydrogen) atoms. The van der Waals surface area contributed by atoms with Crippen LogP contribution in [0.15, 0.2) is 12.7 Å². The third-order valence-corrected chi connectivity index (χ3v) is 0.942. The Kier molecular flexibility index (Phi) is 6.02. The lowest BCUT2D eigenvalue weighted by Crippen LogP contribution is -2.00. The van der Waals surface area contributed by atoms with Crippen molar-refractivity contribution in [3.05, 3.63) is 12.7 Å². The SMILES string of the molecule is C=CCOCC1CO1.C=O. The van der Waals surface area contributed by atoms with E-state index in [-0.39, 0.29) is 0 Å². The Bertz CT molecular complexity index is 88.9. The quantitative estimate of drug-likeness (QED) is 0.326. The fourth-order valence-corrected chi connectivity index (χ4v) is 0.447. The molecule has 0 aliphatic carbocycles. The maximum Gasteiger partial charge on any atom is 0.106 e. The fraction of sp³-hybridized carbons (Fsp3) is 0.571. The Morgan fingerprint density at radius 3 is 2.70 bits per heavy atom. The van der Waals surface area contributed by atoms with Gasteiger partial charge in [0, 0.05) is 0 Å². The first kappa shape index (κ1) is 9.33. The molecule has 0 bridgehead atoms. The molecule has 0 aromatic carbocycles. The van der Waals surface area contributed by atoms with E-state index in [4.69, 9.17) is 14.3 Å². The van der Waals surface area contributed by atoms with Gasteiger partial charge in [-0.15, -0.1) is 6.58 Å². The molecule has 0 aromatic heterocycles. The molecule has 1 heterocycles. The Hall–Kier alpha value is -0.670. The van der Waals surface area contributed by atoms with E-state index in [1.165, 1.54) is 0 Å². The zero-order valence-electron chi connectivity index (χ0n) is 5.91. The first-order valence-corrected chi connectivity index (χ1v) is 3.02. The summed E-state index contributed by atoms with van der Waals surface area (Å²) in [6.45, 7) is 7.75. The van der Waals surface area contributed by atoms with Crippen LogP contribution in [-0.2, 0) is 14.3 Å². The standard InChI is InChI=1S/C6H10O2.CH2O/c1-2-3-7-4-6-5-8-6;1-2/h2,6H,1,3-5H2;1H2. The van der Waals surface area contributed by atoms with Crippen LogP contribution in [0.25, 0.3) is 0 Å². The lowest BCUT2D eigenvalue weighted by molar-refractivity contribution is -0.0979. The summed E-state index contributed by atoms with van der Waals surface area (Å²) in [6, 6.07) is 0. The highest BCUT2D eigenvalue weighted by molar-refractivity contribution is 5.10. The van der Waals surface area contributed by atoms with Gasteiger partial charge in [-0.2, -0.15) is 0 Å². The molecule has 1 saturated heterocycles. The van der Waals surface area contributed by atoms with Gasteiger partial charge in [0.05, 0.1) is 19.8 Å². The van der Waals surface area contributed by atoms with Gasteiger partial charge in [-0.1, -0.05) is 6.08 Å². The van der Waals surface area contributed by atoms with Crippen LogP contribution in [-0.4, -0.2) is 32.7 Å². The van der Waals surface area contributed by atoms with Crippen LogP contribution in [0, 0.1) is 0 Å². The second-order valence-electron chi connectivity index (χ2n) is 1.78. The zero-order chi connectivity index (χ0) is 7.82. The smallest absolute Gasteiger partial charge is 0.106 e. The second-order valence-corrected chi connectivity index (χ2v) is 1.78. The fourth-order valence-electron chi connectivity index (χ4n) is 0.447. The molecule has 0 radical (unpaired) electrons. The van der Waals surface area contributed by atoms with Gasteiger partial charge in [0.2, 0.25) is 0 Å². The molecule has 1 aliphatic heterocycles. The van der Waals surface area contributed by atoms with Crippen molar-refractivity contribution in [2.24, 2.45) is 0 Å². The van der Waals surface area contributed by atoms with Crippen molar-refractivity contribution in [3.8, 4) is 0 Å². The highest BCUT2D eigenvalue weighted by atomic mass is 16.6. The van der Waals surface area contributed by atoms with Crippen molar-refractivity contribution in [3.63, 3.8) is 0 Å². The van der Waals surface area contributed by atoms with Crippen molar-refractivity contribution in [1.29, 1.82) is 0 Å². The lowest BCUT2D eigenvalue weighted by atomic mass is 10.5. The predicted molar refractivity (Wildman–Crippen MR) is 37.9 cm³/mol. The molecule has 58 valence electrons. The summed E-state index contributed by atoms with van der Waals surface area (Å²) in [5.74, 6) is 0. The van der Waals surface area contributed by atoms with Gasteiger partial charge in [0.15, 0.2) is 0 Å². The van der Waals surface area contributed by atoms with Crippen LogP contribution in [0.2, 0.25) is 0 Å². The van der Waals surface area contributed by atoms with Crippen molar-refractivity contribution >= 4 is 6.79 Å². The third kappa shape index (κ3) is 5.47. The number of carbonyl (C=O) groups is 1. The Morgan fingerprint density at radius 1 is 1.70 bits per heavy atom. The van der Waals surface area contributed by atoms with Gasteiger partial charge in [-0.25, -0.2) is 0 Å².